The van der Waals surface area contributed by atoms with Gasteiger partial charge in [0.2, 0.25) is 5.91 Å². The van der Waals surface area contributed by atoms with Crippen molar-refractivity contribution < 1.29 is 24.2 Å². The highest BCUT2D eigenvalue weighted by atomic mass is 19.1. The van der Waals surface area contributed by atoms with E-state index in [-0.39, 0.29) is 18.3 Å². The molecule has 8 heteroatoms. The van der Waals surface area contributed by atoms with Crippen molar-refractivity contribution in [2.24, 2.45) is 5.92 Å². The van der Waals surface area contributed by atoms with E-state index < -0.39 is 17.5 Å². The van der Waals surface area contributed by atoms with Gasteiger partial charge in [0.15, 0.2) is 0 Å². The monoisotopic (exact) mass is 393 g/mol. The zero-order valence-electron chi connectivity index (χ0n) is 16.2. The standard InChI is InChI=1S/C20H28FN3O4/c1-15(25)24-11-10-22(12-16(13-24)19(26)27)14-20(28)6-8-23(9-7-20)18-5-3-2-4-17(18)21/h2-5,16,28H,6-14H2,1H3,(H,26,27). The summed E-state index contributed by atoms with van der Waals surface area (Å²) in [6.45, 7) is 4.35. The second kappa shape index (κ2) is 8.45. The first-order valence-electron chi connectivity index (χ1n) is 9.70. The number of piperidine rings is 1. The van der Waals surface area contributed by atoms with Gasteiger partial charge in [0.25, 0.3) is 0 Å². The fourth-order valence-electron chi connectivity index (χ4n) is 4.11. The second-order valence-electron chi connectivity index (χ2n) is 7.90. The molecule has 0 bridgehead atoms. The van der Waals surface area contributed by atoms with Gasteiger partial charge >= 0.3 is 5.97 Å². The number of carbonyl (C=O) groups is 2. The molecule has 2 aliphatic heterocycles. The topological polar surface area (TPSA) is 84.3 Å². The Hall–Kier alpha value is -2.19. The van der Waals surface area contributed by atoms with Gasteiger partial charge in [0.05, 0.1) is 17.2 Å². The maximum atomic E-state index is 14.0. The Morgan fingerprint density at radius 2 is 1.82 bits per heavy atom. The van der Waals surface area contributed by atoms with Crippen LogP contribution in [0.3, 0.4) is 0 Å². The Balaban J connectivity index is 1.62. The molecule has 0 radical (unpaired) electrons. The van der Waals surface area contributed by atoms with Crippen LogP contribution in [0.25, 0.3) is 0 Å². The van der Waals surface area contributed by atoms with Gasteiger partial charge in [0.1, 0.15) is 5.82 Å². The number of rotatable bonds is 4. The highest BCUT2D eigenvalue weighted by Gasteiger charge is 2.37. The van der Waals surface area contributed by atoms with E-state index in [1.807, 2.05) is 9.80 Å². The van der Waals surface area contributed by atoms with Crippen LogP contribution in [0.5, 0.6) is 0 Å². The maximum absolute atomic E-state index is 14.0. The third-order valence-electron chi connectivity index (χ3n) is 5.81. The van der Waals surface area contributed by atoms with Gasteiger partial charge in [-0.3, -0.25) is 14.5 Å². The lowest BCUT2D eigenvalue weighted by molar-refractivity contribution is -0.143. The molecule has 7 nitrogen and oxygen atoms in total. The summed E-state index contributed by atoms with van der Waals surface area (Å²) >= 11 is 0. The van der Waals surface area contributed by atoms with Crippen LogP contribution in [-0.4, -0.2) is 83.3 Å². The summed E-state index contributed by atoms with van der Waals surface area (Å²) in [5, 5.41) is 20.5. The van der Waals surface area contributed by atoms with Crippen LogP contribution in [-0.2, 0) is 9.59 Å². The smallest absolute Gasteiger partial charge is 0.309 e. The van der Waals surface area contributed by atoms with Crippen LogP contribution >= 0.6 is 0 Å². The van der Waals surface area contributed by atoms with Crippen molar-refractivity contribution in [3.8, 4) is 0 Å². The molecular weight excluding hydrogens is 365 g/mol. The quantitative estimate of drug-likeness (QED) is 0.795. The molecule has 1 unspecified atom stereocenters. The molecule has 2 N–H and O–H groups in total. The highest BCUT2D eigenvalue weighted by molar-refractivity contribution is 5.75. The number of nitrogens with zero attached hydrogens (tertiary/aromatic N) is 3. The largest absolute Gasteiger partial charge is 0.481 e. The minimum atomic E-state index is -0.948. The van der Waals surface area contributed by atoms with E-state index in [0.717, 1.165) is 0 Å². The molecule has 2 saturated heterocycles. The van der Waals surface area contributed by atoms with E-state index in [2.05, 4.69) is 0 Å². The van der Waals surface area contributed by atoms with Crippen molar-refractivity contribution >= 4 is 17.6 Å². The lowest BCUT2D eigenvalue weighted by Gasteiger charge is -2.42. The van der Waals surface area contributed by atoms with Gasteiger partial charge in [0, 0.05) is 52.7 Å². The van der Waals surface area contributed by atoms with E-state index >= 15 is 0 Å². The average molecular weight is 393 g/mol. The number of β-amino-alcohol motifs (C(OH)–C–C–N with tert-alkyl or cyclic N) is 1. The number of aliphatic carboxylic acids is 1. The van der Waals surface area contributed by atoms with Crippen molar-refractivity contribution in [3.63, 3.8) is 0 Å². The van der Waals surface area contributed by atoms with Crippen LogP contribution in [0.4, 0.5) is 10.1 Å². The maximum Gasteiger partial charge on any atom is 0.309 e. The SMILES string of the molecule is CC(=O)N1CCN(CC2(O)CCN(c3ccccc3F)CC2)CC(C(=O)O)C1. The number of carboxylic acid groups (broad SMARTS) is 1. The summed E-state index contributed by atoms with van der Waals surface area (Å²) in [6, 6.07) is 6.62. The van der Waals surface area contributed by atoms with Crippen LogP contribution in [0, 0.1) is 11.7 Å². The highest BCUT2D eigenvalue weighted by Crippen LogP contribution is 2.29. The van der Waals surface area contributed by atoms with Gasteiger partial charge in [-0.2, -0.15) is 0 Å². The predicted octanol–water partition coefficient (Wildman–Crippen LogP) is 1.02. The Kier molecular flexibility index (Phi) is 6.20. The van der Waals surface area contributed by atoms with E-state index in [9.17, 15) is 24.2 Å². The first kappa shape index (κ1) is 20.5. The Morgan fingerprint density at radius 1 is 1.14 bits per heavy atom. The zero-order valence-corrected chi connectivity index (χ0v) is 16.2. The summed E-state index contributed by atoms with van der Waals surface area (Å²) in [4.78, 5) is 28.7. The summed E-state index contributed by atoms with van der Waals surface area (Å²) < 4.78 is 14.0. The molecule has 0 saturated carbocycles. The Bertz CT molecular complexity index is 721. The lowest BCUT2D eigenvalue weighted by atomic mass is 9.90. The third kappa shape index (κ3) is 4.80. The van der Waals surface area contributed by atoms with Crippen LogP contribution < -0.4 is 4.90 Å². The molecule has 1 amide bonds. The Morgan fingerprint density at radius 3 is 2.43 bits per heavy atom. The number of carbonyl (C=O) groups excluding carboxylic acids is 1. The molecule has 154 valence electrons. The number of hydrogen-bond donors (Lipinski definition) is 2. The molecule has 3 rings (SSSR count). The molecule has 2 fully saturated rings. The van der Waals surface area contributed by atoms with E-state index in [0.29, 0.717) is 57.8 Å². The van der Waals surface area contributed by atoms with Crippen LogP contribution in [0.1, 0.15) is 19.8 Å². The van der Waals surface area contributed by atoms with Gasteiger partial charge < -0.3 is 20.0 Å². The van der Waals surface area contributed by atoms with Gasteiger partial charge in [-0.05, 0) is 25.0 Å². The molecule has 1 aromatic rings. The van der Waals surface area contributed by atoms with Crippen molar-refractivity contribution in [1.29, 1.82) is 0 Å². The fraction of sp³-hybridized carbons (Fsp3) is 0.600. The van der Waals surface area contributed by atoms with Crippen LogP contribution in [0.15, 0.2) is 24.3 Å². The number of amides is 1. The molecular formula is C20H28FN3O4. The van der Waals surface area contributed by atoms with Crippen molar-refractivity contribution in [2.75, 3.05) is 50.7 Å². The minimum absolute atomic E-state index is 0.134. The second-order valence-corrected chi connectivity index (χ2v) is 7.90. The average Bonchev–Trinajstić information content (AvgIpc) is 2.86. The summed E-state index contributed by atoms with van der Waals surface area (Å²) in [5.41, 5.74) is -0.404. The molecule has 0 aliphatic carbocycles. The molecule has 1 aromatic carbocycles. The molecule has 28 heavy (non-hydrogen) atoms. The third-order valence-corrected chi connectivity index (χ3v) is 5.81. The number of para-hydroxylation sites is 1. The van der Waals surface area contributed by atoms with Gasteiger partial charge in [-0.25, -0.2) is 4.39 Å². The minimum Gasteiger partial charge on any atom is -0.481 e. The van der Waals surface area contributed by atoms with Crippen LogP contribution in [0.2, 0.25) is 0 Å². The van der Waals surface area contributed by atoms with Gasteiger partial charge in [-0.1, -0.05) is 12.1 Å². The number of hydrogen-bond acceptors (Lipinski definition) is 5. The zero-order chi connectivity index (χ0) is 20.3. The summed E-state index contributed by atoms with van der Waals surface area (Å²) in [5.74, 6) is -2.01. The molecule has 2 heterocycles. The summed E-state index contributed by atoms with van der Waals surface area (Å²) in [7, 11) is 0. The molecule has 1 atom stereocenters. The molecule has 2 aliphatic rings. The van der Waals surface area contributed by atoms with Crippen molar-refractivity contribution in [1.82, 2.24) is 9.80 Å². The fourth-order valence-corrected chi connectivity index (χ4v) is 4.11. The lowest BCUT2D eigenvalue weighted by Crippen LogP contribution is -2.52. The first-order chi connectivity index (χ1) is 13.3. The van der Waals surface area contributed by atoms with E-state index in [1.54, 1.807) is 23.1 Å². The first-order valence-corrected chi connectivity index (χ1v) is 9.70. The van der Waals surface area contributed by atoms with Crippen molar-refractivity contribution in [2.45, 2.75) is 25.4 Å². The van der Waals surface area contributed by atoms with E-state index in [1.165, 1.54) is 13.0 Å². The normalized spacial score (nSPS) is 23.3. The summed E-state index contributed by atoms with van der Waals surface area (Å²) in [6.07, 6.45) is 0.956. The number of benzene rings is 1. The van der Waals surface area contributed by atoms with Gasteiger partial charge in [-0.15, -0.1) is 0 Å². The van der Waals surface area contributed by atoms with Crippen molar-refractivity contribution in [3.05, 3.63) is 30.1 Å². The number of halogens is 1. The van der Waals surface area contributed by atoms with E-state index in [4.69, 9.17) is 0 Å². The number of carboxylic acids is 1. The number of anilines is 1. The predicted molar refractivity (Wildman–Crippen MR) is 103 cm³/mol. The molecule has 0 spiro atoms. The molecule has 0 aromatic heterocycles. The number of aliphatic hydroxyl groups is 1. The Labute approximate surface area is 164 Å².